The van der Waals surface area contributed by atoms with Gasteiger partial charge in [-0.3, -0.25) is 0 Å². The maximum absolute atomic E-state index is 13.1. The highest BCUT2D eigenvalue weighted by Gasteiger charge is 2.34. The molecule has 1 N–H and O–H groups in total. The van der Waals surface area contributed by atoms with Gasteiger partial charge in [-0.2, -0.15) is 0 Å². The first-order chi connectivity index (χ1) is 16.2. The number of hydrogen-bond donors (Lipinski definition) is 1. The standard InChI is InChI=1S/C28H36ClNO3/c29-23-13-15-24(16-14-23)30-20-19-21-11-17-26(18-12-21)32-27(22-7-3-1-4-8-22)28(31)33-25-9-5-2-6-10-25/h11-18,22,25,27,30H,1-10,19-20H2. The first kappa shape index (κ1) is 23.9. The van der Waals surface area contributed by atoms with Gasteiger partial charge >= 0.3 is 5.97 Å². The Morgan fingerprint density at radius 2 is 1.52 bits per heavy atom. The van der Waals surface area contributed by atoms with Crippen LogP contribution in [0.15, 0.2) is 48.5 Å². The van der Waals surface area contributed by atoms with E-state index in [-0.39, 0.29) is 18.0 Å². The summed E-state index contributed by atoms with van der Waals surface area (Å²) in [6, 6.07) is 15.9. The summed E-state index contributed by atoms with van der Waals surface area (Å²) < 4.78 is 12.2. The predicted octanol–water partition coefficient (Wildman–Crippen LogP) is 7.20. The molecule has 0 aromatic heterocycles. The highest BCUT2D eigenvalue weighted by molar-refractivity contribution is 6.30. The minimum Gasteiger partial charge on any atom is -0.478 e. The third-order valence-electron chi connectivity index (χ3n) is 6.92. The van der Waals surface area contributed by atoms with E-state index in [9.17, 15) is 4.79 Å². The summed E-state index contributed by atoms with van der Waals surface area (Å²) in [5.41, 5.74) is 2.29. The number of nitrogens with one attached hydrogen (secondary N) is 1. The molecule has 0 bridgehead atoms. The second-order valence-corrected chi connectivity index (χ2v) is 9.90. The minimum atomic E-state index is -0.496. The van der Waals surface area contributed by atoms with E-state index in [1.165, 1.54) is 31.2 Å². The zero-order chi connectivity index (χ0) is 22.9. The number of hydrogen-bond acceptors (Lipinski definition) is 4. The zero-order valence-corrected chi connectivity index (χ0v) is 20.2. The Labute approximate surface area is 203 Å². The van der Waals surface area contributed by atoms with E-state index < -0.39 is 6.10 Å². The Balaban J connectivity index is 1.32. The van der Waals surface area contributed by atoms with Gasteiger partial charge < -0.3 is 14.8 Å². The van der Waals surface area contributed by atoms with Crippen molar-refractivity contribution in [2.24, 2.45) is 5.92 Å². The highest BCUT2D eigenvalue weighted by Crippen LogP contribution is 2.31. The van der Waals surface area contributed by atoms with Crippen molar-refractivity contribution in [2.45, 2.75) is 82.8 Å². The zero-order valence-electron chi connectivity index (χ0n) is 19.4. The van der Waals surface area contributed by atoms with Gasteiger partial charge in [0, 0.05) is 23.2 Å². The van der Waals surface area contributed by atoms with Crippen LogP contribution in [-0.4, -0.2) is 24.7 Å². The van der Waals surface area contributed by atoms with Crippen LogP contribution in [0.25, 0.3) is 0 Å². The molecule has 1 unspecified atom stereocenters. The van der Waals surface area contributed by atoms with Gasteiger partial charge in [-0.15, -0.1) is 0 Å². The summed E-state index contributed by atoms with van der Waals surface area (Å²) in [5.74, 6) is 0.837. The molecule has 2 saturated carbocycles. The van der Waals surface area contributed by atoms with Crippen molar-refractivity contribution >= 4 is 23.3 Å². The number of benzene rings is 2. The Bertz CT molecular complexity index is 856. The smallest absolute Gasteiger partial charge is 0.347 e. The van der Waals surface area contributed by atoms with E-state index in [1.807, 2.05) is 36.4 Å². The lowest BCUT2D eigenvalue weighted by molar-refractivity contribution is -0.162. The fourth-order valence-electron chi connectivity index (χ4n) is 4.99. The van der Waals surface area contributed by atoms with Crippen LogP contribution in [0.2, 0.25) is 5.02 Å². The maximum atomic E-state index is 13.1. The molecule has 5 heteroatoms. The van der Waals surface area contributed by atoms with Crippen molar-refractivity contribution in [3.63, 3.8) is 0 Å². The molecule has 4 nitrogen and oxygen atoms in total. The Morgan fingerprint density at radius 3 is 2.18 bits per heavy atom. The van der Waals surface area contributed by atoms with Crippen LogP contribution in [0.3, 0.4) is 0 Å². The van der Waals surface area contributed by atoms with Crippen molar-refractivity contribution in [3.05, 3.63) is 59.1 Å². The lowest BCUT2D eigenvalue weighted by Gasteiger charge is -2.31. The van der Waals surface area contributed by atoms with Crippen molar-refractivity contribution in [1.82, 2.24) is 0 Å². The average Bonchev–Trinajstić information content (AvgIpc) is 2.86. The van der Waals surface area contributed by atoms with Crippen molar-refractivity contribution in [2.75, 3.05) is 11.9 Å². The number of rotatable bonds is 9. The van der Waals surface area contributed by atoms with E-state index in [2.05, 4.69) is 17.4 Å². The SMILES string of the molecule is O=C(OC1CCCCC1)C(Oc1ccc(CCNc2ccc(Cl)cc2)cc1)C1CCCCC1. The van der Waals surface area contributed by atoms with Crippen LogP contribution in [-0.2, 0) is 16.0 Å². The van der Waals surface area contributed by atoms with E-state index in [0.717, 1.165) is 68.0 Å². The number of halogens is 1. The summed E-state index contributed by atoms with van der Waals surface area (Å²) in [4.78, 5) is 13.1. The summed E-state index contributed by atoms with van der Waals surface area (Å²) in [5, 5.41) is 4.15. The number of anilines is 1. The van der Waals surface area contributed by atoms with Gasteiger partial charge in [0.15, 0.2) is 6.10 Å². The molecule has 178 valence electrons. The van der Waals surface area contributed by atoms with E-state index in [1.54, 1.807) is 0 Å². The molecule has 2 aliphatic carbocycles. The van der Waals surface area contributed by atoms with Gasteiger partial charge in [0.05, 0.1) is 0 Å². The van der Waals surface area contributed by atoms with Gasteiger partial charge in [0.2, 0.25) is 0 Å². The number of carbonyl (C=O) groups excluding carboxylic acids is 1. The summed E-state index contributed by atoms with van der Waals surface area (Å²) in [6.07, 6.45) is 11.7. The van der Waals surface area contributed by atoms with E-state index in [4.69, 9.17) is 21.1 Å². The molecule has 0 spiro atoms. The molecule has 2 aromatic carbocycles. The molecule has 0 radical (unpaired) electrons. The normalized spacial score (nSPS) is 18.5. The predicted molar refractivity (Wildman–Crippen MR) is 134 cm³/mol. The molecule has 0 saturated heterocycles. The summed E-state index contributed by atoms with van der Waals surface area (Å²) in [6.45, 7) is 0.834. The molecule has 2 aliphatic rings. The molecule has 2 aromatic rings. The quantitative estimate of drug-likeness (QED) is 0.394. The highest BCUT2D eigenvalue weighted by atomic mass is 35.5. The summed E-state index contributed by atoms with van der Waals surface area (Å²) >= 11 is 5.94. The molecule has 4 rings (SSSR count). The molecule has 0 heterocycles. The maximum Gasteiger partial charge on any atom is 0.347 e. The van der Waals surface area contributed by atoms with Crippen molar-refractivity contribution in [3.8, 4) is 5.75 Å². The van der Waals surface area contributed by atoms with Gasteiger partial charge in [0.1, 0.15) is 11.9 Å². The van der Waals surface area contributed by atoms with Crippen LogP contribution in [0.4, 0.5) is 5.69 Å². The average molecular weight is 470 g/mol. The molecule has 0 aliphatic heterocycles. The van der Waals surface area contributed by atoms with Gasteiger partial charge in [-0.1, -0.05) is 49.4 Å². The first-order valence-corrected chi connectivity index (χ1v) is 13.0. The third-order valence-corrected chi connectivity index (χ3v) is 7.17. The van der Waals surface area contributed by atoms with Gasteiger partial charge in [-0.25, -0.2) is 4.79 Å². The second kappa shape index (κ2) is 12.3. The Kier molecular flexibility index (Phi) is 8.93. The van der Waals surface area contributed by atoms with Crippen LogP contribution in [0.1, 0.15) is 69.8 Å². The fraction of sp³-hybridized carbons (Fsp3) is 0.536. The Hall–Kier alpha value is -2.20. The van der Waals surface area contributed by atoms with E-state index >= 15 is 0 Å². The van der Waals surface area contributed by atoms with Crippen LogP contribution < -0.4 is 10.1 Å². The molecule has 33 heavy (non-hydrogen) atoms. The molecule has 0 amide bonds. The van der Waals surface area contributed by atoms with Crippen molar-refractivity contribution in [1.29, 1.82) is 0 Å². The largest absolute Gasteiger partial charge is 0.478 e. The monoisotopic (exact) mass is 469 g/mol. The molecular weight excluding hydrogens is 434 g/mol. The van der Waals surface area contributed by atoms with Crippen LogP contribution in [0, 0.1) is 5.92 Å². The minimum absolute atomic E-state index is 0.0662. The van der Waals surface area contributed by atoms with E-state index in [0.29, 0.717) is 0 Å². The molecule has 1 atom stereocenters. The number of esters is 1. The van der Waals surface area contributed by atoms with Gasteiger partial charge in [-0.05, 0) is 86.9 Å². The molecule has 2 fully saturated rings. The van der Waals surface area contributed by atoms with Crippen molar-refractivity contribution < 1.29 is 14.3 Å². The van der Waals surface area contributed by atoms with Crippen LogP contribution >= 0.6 is 11.6 Å². The van der Waals surface area contributed by atoms with Gasteiger partial charge in [0.25, 0.3) is 0 Å². The van der Waals surface area contributed by atoms with Crippen LogP contribution in [0.5, 0.6) is 5.75 Å². The number of carbonyl (C=O) groups is 1. The number of ether oxygens (including phenoxy) is 2. The molecular formula is C28H36ClNO3. The topological polar surface area (TPSA) is 47.6 Å². The third kappa shape index (κ3) is 7.40. The first-order valence-electron chi connectivity index (χ1n) is 12.6. The lowest BCUT2D eigenvalue weighted by atomic mass is 9.85. The fourth-order valence-corrected chi connectivity index (χ4v) is 5.11. The second-order valence-electron chi connectivity index (χ2n) is 9.46. The lowest BCUT2D eigenvalue weighted by Crippen LogP contribution is -2.39. The summed E-state index contributed by atoms with van der Waals surface area (Å²) in [7, 11) is 0. The Morgan fingerprint density at radius 1 is 0.879 bits per heavy atom.